The Morgan fingerprint density at radius 1 is 1.12 bits per heavy atom. The molecule has 0 spiro atoms. The van der Waals surface area contributed by atoms with Crippen LogP contribution in [0.2, 0.25) is 0 Å². The number of anilines is 3. The first-order valence-corrected chi connectivity index (χ1v) is 10.8. The lowest BCUT2D eigenvalue weighted by molar-refractivity contribution is -0.114. The molecule has 32 heavy (non-hydrogen) atoms. The fourth-order valence-electron chi connectivity index (χ4n) is 3.27. The summed E-state index contributed by atoms with van der Waals surface area (Å²) < 4.78 is 0.754. The number of carbonyl (C=O) groups excluding carboxylic acids is 2. The number of fused-ring (bicyclic) bond motifs is 1. The van der Waals surface area contributed by atoms with Crippen molar-refractivity contribution in [3.63, 3.8) is 0 Å². The number of allylic oxidation sites excluding steroid dienone is 1. The van der Waals surface area contributed by atoms with Crippen LogP contribution in [0.3, 0.4) is 0 Å². The highest BCUT2D eigenvalue weighted by atomic mass is 32.1. The van der Waals surface area contributed by atoms with Gasteiger partial charge in [0, 0.05) is 23.2 Å². The number of hydrogen-bond donors (Lipinski definition) is 2. The molecule has 0 saturated heterocycles. The van der Waals surface area contributed by atoms with Gasteiger partial charge < -0.3 is 10.6 Å². The quantitative estimate of drug-likeness (QED) is 0.390. The Kier molecular flexibility index (Phi) is 6.04. The molecule has 0 fully saturated rings. The third-order valence-corrected chi connectivity index (χ3v) is 5.94. The predicted molar refractivity (Wildman–Crippen MR) is 128 cm³/mol. The third-order valence-electron chi connectivity index (χ3n) is 4.96. The van der Waals surface area contributed by atoms with Gasteiger partial charge in [-0.05, 0) is 43.2 Å². The van der Waals surface area contributed by atoms with Crippen molar-refractivity contribution < 1.29 is 9.59 Å². The summed E-state index contributed by atoms with van der Waals surface area (Å²) >= 11 is 1.38. The molecule has 0 aliphatic carbocycles. The number of carbonyl (C=O) groups is 2. The molecule has 0 bridgehead atoms. The Balaban J connectivity index is 1.66. The first-order chi connectivity index (χ1) is 15.5. The Labute approximate surface area is 189 Å². The van der Waals surface area contributed by atoms with E-state index >= 15 is 0 Å². The monoisotopic (exact) mass is 443 g/mol. The van der Waals surface area contributed by atoms with E-state index in [1.165, 1.54) is 23.7 Å². The fourth-order valence-corrected chi connectivity index (χ4v) is 4.22. The van der Waals surface area contributed by atoms with Gasteiger partial charge in [0.2, 0.25) is 0 Å². The van der Waals surface area contributed by atoms with E-state index in [2.05, 4.69) is 32.2 Å². The van der Waals surface area contributed by atoms with Crippen LogP contribution < -0.4 is 10.6 Å². The molecule has 1 amide bonds. The van der Waals surface area contributed by atoms with E-state index in [0.29, 0.717) is 22.6 Å². The normalized spacial score (nSPS) is 10.7. The first kappa shape index (κ1) is 21.3. The molecule has 0 aliphatic heterocycles. The molecule has 1 aromatic carbocycles. The van der Waals surface area contributed by atoms with E-state index in [1.807, 2.05) is 38.1 Å². The van der Waals surface area contributed by atoms with E-state index in [4.69, 9.17) is 0 Å². The molecule has 0 unspecified atom stereocenters. The van der Waals surface area contributed by atoms with Crippen LogP contribution in [-0.2, 0) is 11.2 Å². The summed E-state index contributed by atoms with van der Waals surface area (Å²) in [5, 5.41) is 7.97. The van der Waals surface area contributed by atoms with Gasteiger partial charge in [0.25, 0.3) is 5.91 Å². The van der Waals surface area contributed by atoms with E-state index < -0.39 is 0 Å². The smallest absolute Gasteiger partial charge is 0.258 e. The number of ketones is 1. The average molecular weight is 444 g/mol. The second-order valence-electron chi connectivity index (χ2n) is 7.27. The number of aromatic nitrogens is 3. The first-order valence-electron chi connectivity index (χ1n) is 9.93. The highest BCUT2D eigenvalue weighted by Crippen LogP contribution is 2.33. The van der Waals surface area contributed by atoms with Crippen LogP contribution in [0.4, 0.5) is 17.2 Å². The van der Waals surface area contributed by atoms with Gasteiger partial charge in [0.15, 0.2) is 11.6 Å². The topological polar surface area (TPSA) is 96.9 Å². The summed E-state index contributed by atoms with van der Waals surface area (Å²) in [6.45, 7) is 7.41. The third kappa shape index (κ3) is 4.40. The van der Waals surface area contributed by atoms with Gasteiger partial charge in [0.05, 0.1) is 27.7 Å². The highest BCUT2D eigenvalue weighted by Gasteiger charge is 2.18. The molecule has 4 aromatic rings. The highest BCUT2D eigenvalue weighted by molar-refractivity contribution is 7.18. The molecule has 7 nitrogen and oxygen atoms in total. The number of benzene rings is 1. The molecule has 160 valence electrons. The zero-order valence-corrected chi connectivity index (χ0v) is 18.5. The van der Waals surface area contributed by atoms with Crippen LogP contribution in [0.25, 0.3) is 10.2 Å². The van der Waals surface area contributed by atoms with Gasteiger partial charge in [0.1, 0.15) is 6.33 Å². The van der Waals surface area contributed by atoms with Crippen molar-refractivity contribution in [2.75, 3.05) is 10.6 Å². The second kappa shape index (κ2) is 9.07. The second-order valence-corrected chi connectivity index (χ2v) is 8.15. The Hall–Kier alpha value is -3.91. The van der Waals surface area contributed by atoms with Gasteiger partial charge in [-0.25, -0.2) is 9.97 Å². The Morgan fingerprint density at radius 2 is 1.97 bits per heavy atom. The maximum Gasteiger partial charge on any atom is 0.258 e. The number of pyridine rings is 1. The van der Waals surface area contributed by atoms with Crippen molar-refractivity contribution >= 4 is 50.4 Å². The fraction of sp³-hybridized carbons (Fsp3) is 0.125. The van der Waals surface area contributed by atoms with Crippen LogP contribution in [-0.4, -0.2) is 26.6 Å². The number of hydrogen-bond acceptors (Lipinski definition) is 7. The SMILES string of the molecule is C=CC(=O)Cc1cccc(C)c1Nc1ncnc2c(C(=O)Nc3ccc(C)nc3)csc12. The van der Waals surface area contributed by atoms with Gasteiger partial charge in [-0.1, -0.05) is 24.8 Å². The lowest BCUT2D eigenvalue weighted by Crippen LogP contribution is -2.12. The minimum absolute atomic E-state index is 0.0628. The molecule has 8 heteroatoms. The van der Waals surface area contributed by atoms with Crippen molar-refractivity contribution in [2.24, 2.45) is 0 Å². The minimum Gasteiger partial charge on any atom is -0.338 e. The number of amides is 1. The largest absolute Gasteiger partial charge is 0.338 e. The number of aryl methyl sites for hydroxylation is 2. The lowest BCUT2D eigenvalue weighted by Gasteiger charge is -2.14. The van der Waals surface area contributed by atoms with Crippen molar-refractivity contribution in [3.8, 4) is 0 Å². The predicted octanol–water partition coefficient (Wildman–Crippen LogP) is 5.00. The summed E-state index contributed by atoms with van der Waals surface area (Å²) in [7, 11) is 0. The van der Waals surface area contributed by atoms with Gasteiger partial charge >= 0.3 is 0 Å². The van der Waals surface area contributed by atoms with Gasteiger partial charge in [-0.2, -0.15) is 0 Å². The van der Waals surface area contributed by atoms with Crippen molar-refractivity contribution in [2.45, 2.75) is 20.3 Å². The van der Waals surface area contributed by atoms with Crippen LogP contribution in [0.15, 0.2) is 60.9 Å². The van der Waals surface area contributed by atoms with Gasteiger partial charge in [-0.15, -0.1) is 11.3 Å². The summed E-state index contributed by atoms with van der Waals surface area (Å²) in [4.78, 5) is 37.7. The van der Waals surface area contributed by atoms with E-state index in [0.717, 1.165) is 27.2 Å². The van der Waals surface area contributed by atoms with Crippen LogP contribution in [0.5, 0.6) is 0 Å². The molecular weight excluding hydrogens is 422 g/mol. The molecule has 3 heterocycles. The molecule has 0 atom stereocenters. The lowest BCUT2D eigenvalue weighted by atomic mass is 10.0. The standard InChI is InChI=1S/C24H21N5O2S/c1-4-18(30)10-16-7-5-6-14(2)20(16)29-23-22-21(26-13-27-23)19(12-32-22)24(31)28-17-9-8-15(3)25-11-17/h4-9,11-13H,1,10H2,2-3H3,(H,28,31)(H,26,27,29). The summed E-state index contributed by atoms with van der Waals surface area (Å²) in [5.41, 5.74) is 5.15. The molecule has 2 N–H and O–H groups in total. The number of nitrogens with one attached hydrogen (secondary N) is 2. The van der Waals surface area contributed by atoms with Crippen LogP contribution in [0.1, 0.15) is 27.2 Å². The van der Waals surface area contributed by atoms with Crippen molar-refractivity contribution in [3.05, 3.63) is 83.3 Å². The molecule has 0 saturated carbocycles. The number of nitrogens with zero attached hydrogens (tertiary/aromatic N) is 3. The summed E-state index contributed by atoms with van der Waals surface area (Å²) in [6.07, 6.45) is 4.61. The van der Waals surface area contributed by atoms with E-state index in [9.17, 15) is 9.59 Å². The van der Waals surface area contributed by atoms with Gasteiger partial charge in [-0.3, -0.25) is 14.6 Å². The minimum atomic E-state index is -0.264. The van der Waals surface area contributed by atoms with Crippen LogP contribution >= 0.6 is 11.3 Å². The zero-order chi connectivity index (χ0) is 22.7. The maximum absolute atomic E-state index is 12.8. The molecule has 0 aliphatic rings. The maximum atomic E-state index is 12.8. The number of rotatable bonds is 7. The zero-order valence-electron chi connectivity index (χ0n) is 17.7. The average Bonchev–Trinajstić information content (AvgIpc) is 3.23. The Bertz CT molecular complexity index is 1330. The molecular formula is C24H21N5O2S. The van der Waals surface area contributed by atoms with Crippen LogP contribution in [0, 0.1) is 13.8 Å². The number of para-hydroxylation sites is 1. The summed E-state index contributed by atoms with van der Waals surface area (Å²) in [5.74, 6) is 0.254. The molecule has 4 rings (SSSR count). The van der Waals surface area contributed by atoms with E-state index in [-0.39, 0.29) is 18.1 Å². The summed E-state index contributed by atoms with van der Waals surface area (Å²) in [6, 6.07) is 9.42. The Morgan fingerprint density at radius 3 is 2.72 bits per heavy atom. The van der Waals surface area contributed by atoms with Crippen molar-refractivity contribution in [1.29, 1.82) is 0 Å². The number of thiophene rings is 1. The van der Waals surface area contributed by atoms with Crippen molar-refractivity contribution in [1.82, 2.24) is 15.0 Å². The molecule has 0 radical (unpaired) electrons. The molecule has 3 aromatic heterocycles. The van der Waals surface area contributed by atoms with E-state index in [1.54, 1.807) is 17.6 Å².